The average Bonchev–Trinajstić information content (AvgIpc) is 2.34. The molecule has 0 N–H and O–H groups in total. The van der Waals surface area contributed by atoms with Gasteiger partial charge in [0.25, 0.3) is 0 Å². The van der Waals surface area contributed by atoms with Crippen LogP contribution in [0.15, 0.2) is 24.3 Å². The topological polar surface area (TPSA) is 61.8 Å². The lowest BCUT2D eigenvalue weighted by molar-refractivity contribution is -0.136. The summed E-state index contributed by atoms with van der Waals surface area (Å²) in [6, 6.07) is 0. The van der Waals surface area contributed by atoms with Gasteiger partial charge in [0.05, 0.1) is 0 Å². The van der Waals surface area contributed by atoms with Gasteiger partial charge in [0.15, 0.2) is 0 Å². The van der Waals surface area contributed by atoms with Crippen molar-refractivity contribution in [1.82, 2.24) is 0 Å². The zero-order valence-electron chi connectivity index (χ0n) is 13.8. The largest absolute Gasteiger partial charge is 0.463 e. The lowest BCUT2D eigenvalue weighted by Gasteiger charge is -2.32. The van der Waals surface area contributed by atoms with Crippen LogP contribution in [0.1, 0.15) is 13.8 Å². The third-order valence-corrected chi connectivity index (χ3v) is 8.38. The number of esters is 2. The van der Waals surface area contributed by atoms with Crippen LogP contribution in [-0.4, -0.2) is 41.0 Å². The second kappa shape index (κ2) is 8.96. The highest BCUT2D eigenvalue weighted by atomic mass is 28.4. The van der Waals surface area contributed by atoms with Crippen molar-refractivity contribution < 1.29 is 23.2 Å². The highest BCUT2D eigenvalue weighted by Gasteiger charge is 2.35. The Morgan fingerprint density at radius 3 is 1.43 bits per heavy atom. The van der Waals surface area contributed by atoms with Crippen LogP contribution in [0.5, 0.6) is 0 Å². The summed E-state index contributed by atoms with van der Waals surface area (Å²) in [6.45, 7) is 11.5. The summed E-state index contributed by atoms with van der Waals surface area (Å²) in [4.78, 5) is 22.7. The van der Waals surface area contributed by atoms with E-state index in [1.807, 2.05) is 26.2 Å². The van der Waals surface area contributed by atoms with E-state index in [9.17, 15) is 9.59 Å². The second-order valence-electron chi connectivity index (χ2n) is 5.84. The van der Waals surface area contributed by atoms with E-state index in [1.165, 1.54) is 12.2 Å². The maximum Gasteiger partial charge on any atom is 0.330 e. The lowest BCUT2D eigenvalue weighted by Crippen LogP contribution is -2.51. The molecule has 0 heterocycles. The summed E-state index contributed by atoms with van der Waals surface area (Å²) in [7, 11) is -4.29. The maximum absolute atomic E-state index is 11.3. The average molecular weight is 331 g/mol. The van der Waals surface area contributed by atoms with Gasteiger partial charge in [0.1, 0.15) is 12.5 Å². The molecule has 7 heteroatoms. The Balaban J connectivity index is 4.39. The van der Waals surface area contributed by atoms with Gasteiger partial charge in [0, 0.05) is 12.2 Å². The predicted molar refractivity (Wildman–Crippen MR) is 87.6 cm³/mol. The Labute approximate surface area is 129 Å². The van der Waals surface area contributed by atoms with E-state index in [1.54, 1.807) is 26.0 Å². The van der Waals surface area contributed by atoms with Crippen molar-refractivity contribution in [2.24, 2.45) is 0 Å². The van der Waals surface area contributed by atoms with Crippen LogP contribution >= 0.6 is 0 Å². The standard InChI is InChI=1S/C14H26O5Si2/c1-7-9-13(15)17-11-20(3,4)19-21(5,6)12-18-14(16)10-8-2/h7-10H,11-12H2,1-6H3. The fourth-order valence-electron chi connectivity index (χ4n) is 1.67. The van der Waals surface area contributed by atoms with E-state index in [0.29, 0.717) is 0 Å². The van der Waals surface area contributed by atoms with Crippen LogP contribution in [0.25, 0.3) is 0 Å². The second-order valence-corrected chi connectivity index (χ2v) is 14.3. The lowest BCUT2D eigenvalue weighted by atomic mass is 10.5. The summed E-state index contributed by atoms with van der Waals surface area (Å²) in [6.07, 6.45) is 6.61. The van der Waals surface area contributed by atoms with Gasteiger partial charge in [-0.3, -0.25) is 0 Å². The molecule has 0 aromatic rings. The monoisotopic (exact) mass is 330 g/mol. The molecule has 0 atom stereocenters. The summed E-state index contributed by atoms with van der Waals surface area (Å²) in [5, 5.41) is 0. The smallest absolute Gasteiger partial charge is 0.330 e. The van der Waals surface area contributed by atoms with Crippen molar-refractivity contribution in [3.05, 3.63) is 24.3 Å². The number of carbonyl (C=O) groups excluding carboxylic acids is 2. The fourth-order valence-corrected chi connectivity index (χ4v) is 9.10. The van der Waals surface area contributed by atoms with E-state index in [4.69, 9.17) is 13.6 Å². The van der Waals surface area contributed by atoms with Gasteiger partial charge >= 0.3 is 11.9 Å². The third-order valence-electron chi connectivity index (χ3n) is 2.28. The number of allylic oxidation sites excluding steroid dienone is 2. The third kappa shape index (κ3) is 10.2. The molecule has 0 aromatic carbocycles. The molecule has 5 nitrogen and oxygen atoms in total. The molecule has 0 aliphatic heterocycles. The molecular formula is C14H26O5Si2. The molecule has 0 radical (unpaired) electrons. The first kappa shape index (κ1) is 19.8. The van der Waals surface area contributed by atoms with Crippen LogP contribution in [0.2, 0.25) is 26.2 Å². The van der Waals surface area contributed by atoms with Crippen molar-refractivity contribution in [2.75, 3.05) is 12.5 Å². The molecule has 0 spiro atoms. The highest BCUT2D eigenvalue weighted by molar-refractivity contribution is 6.84. The van der Waals surface area contributed by atoms with Crippen molar-refractivity contribution in [3.8, 4) is 0 Å². The van der Waals surface area contributed by atoms with Crippen LogP contribution in [0.3, 0.4) is 0 Å². The zero-order chi connectivity index (χ0) is 16.5. The molecule has 0 bridgehead atoms. The quantitative estimate of drug-likeness (QED) is 0.389. The molecule has 0 fully saturated rings. The molecular weight excluding hydrogens is 304 g/mol. The Bertz CT molecular complexity index is 376. The molecule has 21 heavy (non-hydrogen) atoms. The van der Waals surface area contributed by atoms with Gasteiger partial charge < -0.3 is 13.6 Å². The van der Waals surface area contributed by atoms with Crippen LogP contribution in [0, 0.1) is 0 Å². The van der Waals surface area contributed by atoms with Gasteiger partial charge in [-0.2, -0.15) is 0 Å². The molecule has 0 amide bonds. The molecule has 0 rings (SSSR count). The summed E-state index contributed by atoms with van der Waals surface area (Å²) >= 11 is 0. The van der Waals surface area contributed by atoms with Gasteiger partial charge in [0.2, 0.25) is 16.6 Å². The number of carbonyl (C=O) groups is 2. The zero-order valence-corrected chi connectivity index (χ0v) is 15.8. The molecule has 0 saturated carbocycles. The highest BCUT2D eigenvalue weighted by Crippen LogP contribution is 2.15. The minimum atomic E-state index is -2.15. The number of hydrogen-bond acceptors (Lipinski definition) is 5. The molecule has 0 aromatic heterocycles. The van der Waals surface area contributed by atoms with E-state index >= 15 is 0 Å². The van der Waals surface area contributed by atoms with Gasteiger partial charge in [-0.1, -0.05) is 12.2 Å². The van der Waals surface area contributed by atoms with Crippen molar-refractivity contribution >= 4 is 28.6 Å². The van der Waals surface area contributed by atoms with Crippen LogP contribution < -0.4 is 0 Å². The van der Waals surface area contributed by atoms with Gasteiger partial charge in [-0.05, 0) is 40.0 Å². The molecule has 0 unspecified atom stereocenters. The maximum atomic E-state index is 11.3. The predicted octanol–water partition coefficient (Wildman–Crippen LogP) is 2.73. The minimum absolute atomic E-state index is 0.287. The number of hydrogen-bond donors (Lipinski definition) is 0. The van der Waals surface area contributed by atoms with E-state index in [0.717, 1.165) is 0 Å². The first-order valence-corrected chi connectivity index (χ1v) is 13.1. The Morgan fingerprint density at radius 2 is 1.14 bits per heavy atom. The molecule has 0 saturated heterocycles. The van der Waals surface area contributed by atoms with Crippen molar-refractivity contribution in [1.29, 1.82) is 0 Å². The van der Waals surface area contributed by atoms with Gasteiger partial charge in [-0.25, -0.2) is 9.59 Å². The Morgan fingerprint density at radius 1 is 0.810 bits per heavy atom. The number of rotatable bonds is 8. The molecule has 120 valence electrons. The first-order chi connectivity index (χ1) is 9.62. The fraction of sp³-hybridized carbons (Fsp3) is 0.571. The van der Waals surface area contributed by atoms with Crippen LogP contribution in [0.4, 0.5) is 0 Å². The first-order valence-electron chi connectivity index (χ1n) is 6.91. The Hall–Kier alpha value is -1.19. The molecule has 0 aliphatic carbocycles. The number of ether oxygens (including phenoxy) is 2. The van der Waals surface area contributed by atoms with E-state index < -0.39 is 16.6 Å². The minimum Gasteiger partial charge on any atom is -0.463 e. The van der Waals surface area contributed by atoms with E-state index in [-0.39, 0.29) is 24.4 Å². The summed E-state index contributed by atoms with van der Waals surface area (Å²) < 4.78 is 16.5. The van der Waals surface area contributed by atoms with E-state index in [2.05, 4.69) is 0 Å². The Kier molecular flexibility index (Phi) is 8.45. The SMILES string of the molecule is CC=CC(=O)OC[Si](C)(C)O[Si](C)(C)COC(=O)C=CC. The summed E-state index contributed by atoms with van der Waals surface area (Å²) in [5.41, 5.74) is 0. The van der Waals surface area contributed by atoms with Gasteiger partial charge in [-0.15, -0.1) is 0 Å². The summed E-state index contributed by atoms with van der Waals surface area (Å²) in [5.74, 6) is -0.721. The normalized spacial score (nSPS) is 12.9. The van der Waals surface area contributed by atoms with Crippen molar-refractivity contribution in [2.45, 2.75) is 40.0 Å². The molecule has 0 aliphatic rings. The van der Waals surface area contributed by atoms with Crippen molar-refractivity contribution in [3.63, 3.8) is 0 Å². The van der Waals surface area contributed by atoms with Crippen LogP contribution in [-0.2, 0) is 23.2 Å².